The zero-order chi connectivity index (χ0) is 21.1. The summed E-state index contributed by atoms with van der Waals surface area (Å²) in [7, 11) is 0. The van der Waals surface area contributed by atoms with Crippen molar-refractivity contribution in [2.75, 3.05) is 26.2 Å². The SMILES string of the molecule is CC1CN(CC2CCCN2C(=O)C=Cc2ccc(C(=O)NC3CC3)cc2)CC(C)O1. The number of hydrogen-bond donors (Lipinski definition) is 1. The molecule has 3 fully saturated rings. The molecule has 1 N–H and O–H groups in total. The van der Waals surface area contributed by atoms with Crippen molar-refractivity contribution in [3.05, 3.63) is 41.5 Å². The van der Waals surface area contributed by atoms with E-state index < -0.39 is 0 Å². The normalized spacial score (nSPS) is 27.5. The van der Waals surface area contributed by atoms with Crippen LogP contribution in [0.15, 0.2) is 30.3 Å². The summed E-state index contributed by atoms with van der Waals surface area (Å²) in [5, 5.41) is 2.99. The molecule has 3 aliphatic rings. The molecule has 162 valence electrons. The van der Waals surface area contributed by atoms with Gasteiger partial charge in [-0.2, -0.15) is 0 Å². The van der Waals surface area contributed by atoms with E-state index in [1.165, 1.54) is 0 Å². The number of rotatable bonds is 6. The highest BCUT2D eigenvalue weighted by atomic mass is 16.5. The average molecular weight is 412 g/mol. The van der Waals surface area contributed by atoms with Gasteiger partial charge >= 0.3 is 0 Å². The molecule has 0 bridgehead atoms. The number of nitrogens with zero attached hydrogens (tertiary/aromatic N) is 2. The third-order valence-corrected chi connectivity index (χ3v) is 6.13. The molecular formula is C24H33N3O3. The van der Waals surface area contributed by atoms with E-state index in [0.717, 1.165) is 57.4 Å². The molecule has 2 aliphatic heterocycles. The van der Waals surface area contributed by atoms with Crippen LogP contribution in [-0.4, -0.2) is 72.1 Å². The third kappa shape index (κ3) is 5.49. The second-order valence-electron chi connectivity index (χ2n) is 9.01. The predicted molar refractivity (Wildman–Crippen MR) is 117 cm³/mol. The highest BCUT2D eigenvalue weighted by molar-refractivity contribution is 5.95. The van der Waals surface area contributed by atoms with Crippen molar-refractivity contribution in [1.29, 1.82) is 0 Å². The number of benzene rings is 1. The van der Waals surface area contributed by atoms with Crippen molar-refractivity contribution < 1.29 is 14.3 Å². The Labute approximate surface area is 179 Å². The maximum absolute atomic E-state index is 12.8. The summed E-state index contributed by atoms with van der Waals surface area (Å²) in [6.07, 6.45) is 8.28. The van der Waals surface area contributed by atoms with Crippen LogP contribution in [0.1, 0.15) is 55.5 Å². The lowest BCUT2D eigenvalue weighted by Gasteiger charge is -2.38. The van der Waals surface area contributed by atoms with Crippen LogP contribution in [0.4, 0.5) is 0 Å². The number of ether oxygens (including phenoxy) is 1. The molecule has 1 aromatic carbocycles. The van der Waals surface area contributed by atoms with E-state index in [0.29, 0.717) is 11.6 Å². The molecule has 2 amide bonds. The van der Waals surface area contributed by atoms with E-state index in [1.807, 2.05) is 35.2 Å². The molecule has 1 aliphatic carbocycles. The maximum atomic E-state index is 12.8. The van der Waals surface area contributed by atoms with Crippen LogP contribution in [0.5, 0.6) is 0 Å². The van der Waals surface area contributed by atoms with Crippen LogP contribution < -0.4 is 5.32 Å². The maximum Gasteiger partial charge on any atom is 0.251 e. The van der Waals surface area contributed by atoms with Crippen LogP contribution in [0, 0.1) is 0 Å². The van der Waals surface area contributed by atoms with E-state index in [-0.39, 0.29) is 30.1 Å². The molecule has 3 unspecified atom stereocenters. The summed E-state index contributed by atoms with van der Waals surface area (Å²) in [5.41, 5.74) is 1.59. The Kier molecular flexibility index (Phi) is 6.54. The van der Waals surface area contributed by atoms with Crippen LogP contribution in [0.2, 0.25) is 0 Å². The van der Waals surface area contributed by atoms with Crippen LogP contribution >= 0.6 is 0 Å². The van der Waals surface area contributed by atoms with Crippen LogP contribution in [-0.2, 0) is 9.53 Å². The van der Waals surface area contributed by atoms with Crippen molar-refractivity contribution in [3.63, 3.8) is 0 Å². The van der Waals surface area contributed by atoms with E-state index in [4.69, 9.17) is 4.74 Å². The van der Waals surface area contributed by atoms with Gasteiger partial charge in [-0.3, -0.25) is 14.5 Å². The third-order valence-electron chi connectivity index (χ3n) is 6.13. The Morgan fingerprint density at radius 2 is 1.80 bits per heavy atom. The Morgan fingerprint density at radius 3 is 2.47 bits per heavy atom. The number of nitrogens with one attached hydrogen (secondary N) is 1. The number of amides is 2. The molecule has 0 aromatic heterocycles. The van der Waals surface area contributed by atoms with Gasteiger partial charge in [0.25, 0.3) is 5.91 Å². The fraction of sp³-hybridized carbons (Fsp3) is 0.583. The van der Waals surface area contributed by atoms with Gasteiger partial charge in [0.05, 0.1) is 12.2 Å². The summed E-state index contributed by atoms with van der Waals surface area (Å²) in [6.45, 7) is 7.83. The first-order valence-electron chi connectivity index (χ1n) is 11.3. The summed E-state index contributed by atoms with van der Waals surface area (Å²) < 4.78 is 5.83. The number of likely N-dealkylation sites (tertiary alicyclic amines) is 1. The average Bonchev–Trinajstić information content (AvgIpc) is 3.41. The highest BCUT2D eigenvalue weighted by Gasteiger charge is 2.31. The summed E-state index contributed by atoms with van der Waals surface area (Å²) in [6, 6.07) is 8.05. The predicted octanol–water partition coefficient (Wildman–Crippen LogP) is 2.69. The van der Waals surface area contributed by atoms with Gasteiger partial charge in [-0.15, -0.1) is 0 Å². The largest absolute Gasteiger partial charge is 0.373 e. The standard InChI is InChI=1S/C24H33N3O3/c1-17-14-26(15-18(2)30-17)16-22-4-3-13-27(22)23(28)12-7-19-5-8-20(9-6-19)24(29)25-21-10-11-21/h5-9,12,17-18,21-22H,3-4,10-11,13-16H2,1-2H3,(H,25,29). The summed E-state index contributed by atoms with van der Waals surface area (Å²) in [4.78, 5) is 29.4. The first-order valence-corrected chi connectivity index (χ1v) is 11.3. The Bertz CT molecular complexity index is 777. The van der Waals surface area contributed by atoms with Gasteiger partial charge < -0.3 is 15.0 Å². The zero-order valence-corrected chi connectivity index (χ0v) is 18.0. The van der Waals surface area contributed by atoms with Gasteiger partial charge in [0.1, 0.15) is 0 Å². The number of hydrogen-bond acceptors (Lipinski definition) is 4. The topological polar surface area (TPSA) is 61.9 Å². The minimum absolute atomic E-state index is 0.0178. The van der Waals surface area contributed by atoms with Gasteiger partial charge in [0.15, 0.2) is 0 Å². The number of morpholine rings is 1. The molecule has 2 saturated heterocycles. The molecule has 6 nitrogen and oxygen atoms in total. The van der Waals surface area contributed by atoms with Crippen LogP contribution in [0.25, 0.3) is 6.08 Å². The second-order valence-corrected chi connectivity index (χ2v) is 9.01. The Balaban J connectivity index is 1.31. The lowest BCUT2D eigenvalue weighted by atomic mass is 10.1. The molecule has 6 heteroatoms. The van der Waals surface area contributed by atoms with E-state index in [9.17, 15) is 9.59 Å². The van der Waals surface area contributed by atoms with Gasteiger partial charge in [-0.1, -0.05) is 12.1 Å². The van der Waals surface area contributed by atoms with Crippen molar-refractivity contribution in [2.45, 2.75) is 63.8 Å². The van der Waals surface area contributed by atoms with Gasteiger partial charge in [0, 0.05) is 49.9 Å². The van der Waals surface area contributed by atoms with E-state index >= 15 is 0 Å². The second kappa shape index (κ2) is 9.31. The molecule has 1 saturated carbocycles. The van der Waals surface area contributed by atoms with Crippen molar-refractivity contribution in [1.82, 2.24) is 15.1 Å². The van der Waals surface area contributed by atoms with E-state index in [1.54, 1.807) is 6.08 Å². The quantitative estimate of drug-likeness (QED) is 0.731. The van der Waals surface area contributed by atoms with Gasteiger partial charge in [0.2, 0.25) is 5.91 Å². The fourth-order valence-electron chi connectivity index (χ4n) is 4.55. The molecule has 0 radical (unpaired) electrons. The summed E-state index contributed by atoms with van der Waals surface area (Å²) in [5.74, 6) is 0.0539. The molecule has 4 rings (SSSR count). The van der Waals surface area contributed by atoms with Gasteiger partial charge in [-0.25, -0.2) is 0 Å². The molecule has 2 heterocycles. The number of carbonyl (C=O) groups is 2. The molecule has 0 spiro atoms. The first-order chi connectivity index (χ1) is 14.5. The highest BCUT2D eigenvalue weighted by Crippen LogP contribution is 2.22. The number of carbonyl (C=O) groups excluding carboxylic acids is 2. The zero-order valence-electron chi connectivity index (χ0n) is 18.0. The molecule has 30 heavy (non-hydrogen) atoms. The fourth-order valence-corrected chi connectivity index (χ4v) is 4.55. The van der Waals surface area contributed by atoms with Crippen molar-refractivity contribution in [2.24, 2.45) is 0 Å². The Hall–Kier alpha value is -2.18. The van der Waals surface area contributed by atoms with E-state index in [2.05, 4.69) is 24.1 Å². The smallest absolute Gasteiger partial charge is 0.251 e. The van der Waals surface area contributed by atoms with Gasteiger partial charge in [-0.05, 0) is 63.3 Å². The minimum Gasteiger partial charge on any atom is -0.373 e. The van der Waals surface area contributed by atoms with Crippen molar-refractivity contribution >= 4 is 17.9 Å². The minimum atomic E-state index is -0.0178. The Morgan fingerprint density at radius 1 is 1.10 bits per heavy atom. The lowest BCUT2D eigenvalue weighted by molar-refractivity contribution is -0.127. The van der Waals surface area contributed by atoms with Crippen LogP contribution in [0.3, 0.4) is 0 Å². The molecule has 1 aromatic rings. The first kappa shape index (κ1) is 21.1. The lowest BCUT2D eigenvalue weighted by Crippen LogP contribution is -2.50. The monoisotopic (exact) mass is 411 g/mol. The summed E-state index contributed by atoms with van der Waals surface area (Å²) >= 11 is 0. The van der Waals surface area contributed by atoms with Crippen molar-refractivity contribution in [3.8, 4) is 0 Å². The molecule has 3 atom stereocenters. The molecular weight excluding hydrogens is 378 g/mol.